The molecule has 1 atom stereocenters. The maximum Gasteiger partial charge on any atom is 0.308 e. The van der Waals surface area contributed by atoms with Crippen molar-refractivity contribution in [2.75, 3.05) is 13.7 Å². The van der Waals surface area contributed by atoms with Crippen molar-refractivity contribution in [1.82, 2.24) is 0 Å². The van der Waals surface area contributed by atoms with Crippen molar-refractivity contribution >= 4 is 5.97 Å². The van der Waals surface area contributed by atoms with E-state index in [1.807, 2.05) is 30.3 Å². The van der Waals surface area contributed by atoms with Gasteiger partial charge in [-0.25, -0.2) is 0 Å². The van der Waals surface area contributed by atoms with E-state index < -0.39 is 5.60 Å². The van der Waals surface area contributed by atoms with Crippen LogP contribution in [0.4, 0.5) is 0 Å². The first kappa shape index (κ1) is 9.21. The predicted octanol–water partition coefficient (Wildman–Crippen LogP) is 1.48. The van der Waals surface area contributed by atoms with Gasteiger partial charge < -0.3 is 9.47 Å². The van der Waals surface area contributed by atoms with Gasteiger partial charge in [-0.05, 0) is 5.56 Å². The van der Waals surface area contributed by atoms with E-state index in [0.717, 1.165) is 5.56 Å². The van der Waals surface area contributed by atoms with Gasteiger partial charge >= 0.3 is 5.97 Å². The summed E-state index contributed by atoms with van der Waals surface area (Å²) in [7, 11) is 1.39. The Balaban J connectivity index is 2.14. The average molecular weight is 192 g/mol. The normalized spacial score (nSPS) is 24.4. The molecule has 3 nitrogen and oxygen atoms in total. The van der Waals surface area contributed by atoms with Crippen LogP contribution in [-0.4, -0.2) is 19.7 Å². The first-order valence-corrected chi connectivity index (χ1v) is 4.53. The maximum atomic E-state index is 11.1. The summed E-state index contributed by atoms with van der Waals surface area (Å²) in [6.07, 6.45) is 0.299. The number of benzene rings is 1. The molecule has 3 heteroatoms. The lowest BCUT2D eigenvalue weighted by atomic mass is 9.97. The molecular formula is C11H12O3. The minimum absolute atomic E-state index is 0.230. The van der Waals surface area contributed by atoms with Crippen LogP contribution in [0.3, 0.4) is 0 Å². The number of carbonyl (C=O) groups excluding carboxylic acids is 1. The Labute approximate surface area is 82.6 Å². The number of hydrogen-bond donors (Lipinski definition) is 0. The molecule has 0 amide bonds. The summed E-state index contributed by atoms with van der Waals surface area (Å²) in [5.41, 5.74) is 0.638. The first-order chi connectivity index (χ1) is 6.77. The Morgan fingerprint density at radius 1 is 1.50 bits per heavy atom. The van der Waals surface area contributed by atoms with Crippen LogP contribution in [-0.2, 0) is 19.9 Å². The molecule has 14 heavy (non-hydrogen) atoms. The van der Waals surface area contributed by atoms with Crippen LogP contribution < -0.4 is 0 Å². The Hall–Kier alpha value is -1.35. The quantitative estimate of drug-likeness (QED) is 0.537. The van der Waals surface area contributed by atoms with E-state index in [1.54, 1.807) is 0 Å². The summed E-state index contributed by atoms with van der Waals surface area (Å²) in [5, 5.41) is 0. The van der Waals surface area contributed by atoms with E-state index in [0.29, 0.717) is 13.0 Å². The van der Waals surface area contributed by atoms with Crippen molar-refractivity contribution in [3.63, 3.8) is 0 Å². The highest BCUT2D eigenvalue weighted by Crippen LogP contribution is 2.41. The smallest absolute Gasteiger partial charge is 0.308 e. The minimum Gasteiger partial charge on any atom is -0.469 e. The second kappa shape index (κ2) is 3.42. The SMILES string of the molecule is COC(=O)CC1(c2ccccc2)CO1. The molecule has 0 N–H and O–H groups in total. The van der Waals surface area contributed by atoms with E-state index in [9.17, 15) is 4.79 Å². The van der Waals surface area contributed by atoms with Gasteiger partial charge in [0.15, 0.2) is 0 Å². The lowest BCUT2D eigenvalue weighted by Gasteiger charge is -2.09. The van der Waals surface area contributed by atoms with Crippen LogP contribution in [0.25, 0.3) is 0 Å². The molecule has 1 fully saturated rings. The molecule has 1 unspecified atom stereocenters. The molecule has 1 saturated heterocycles. The molecule has 0 saturated carbocycles. The van der Waals surface area contributed by atoms with Crippen molar-refractivity contribution in [1.29, 1.82) is 0 Å². The number of rotatable bonds is 3. The molecule has 1 aliphatic rings. The molecule has 0 radical (unpaired) electrons. The second-order valence-corrected chi connectivity index (χ2v) is 3.40. The molecule has 2 rings (SSSR count). The molecule has 0 aromatic heterocycles. The van der Waals surface area contributed by atoms with Crippen molar-refractivity contribution in [3.05, 3.63) is 35.9 Å². The fraction of sp³-hybridized carbons (Fsp3) is 0.364. The van der Waals surface area contributed by atoms with Gasteiger partial charge in [0, 0.05) is 0 Å². The zero-order valence-electron chi connectivity index (χ0n) is 8.03. The number of methoxy groups -OCH3 is 1. The summed E-state index contributed by atoms with van der Waals surface area (Å²) in [4.78, 5) is 11.1. The van der Waals surface area contributed by atoms with E-state index in [2.05, 4.69) is 4.74 Å². The maximum absolute atomic E-state index is 11.1. The molecule has 0 aliphatic carbocycles. The lowest BCUT2D eigenvalue weighted by molar-refractivity contribution is -0.142. The molecule has 1 heterocycles. The summed E-state index contributed by atoms with van der Waals surface area (Å²) >= 11 is 0. The fourth-order valence-corrected chi connectivity index (χ4v) is 1.51. The fourth-order valence-electron chi connectivity index (χ4n) is 1.51. The number of hydrogen-bond acceptors (Lipinski definition) is 3. The monoisotopic (exact) mass is 192 g/mol. The number of carbonyl (C=O) groups is 1. The first-order valence-electron chi connectivity index (χ1n) is 4.53. The van der Waals surface area contributed by atoms with Gasteiger partial charge in [0.25, 0.3) is 0 Å². The van der Waals surface area contributed by atoms with E-state index >= 15 is 0 Å². The second-order valence-electron chi connectivity index (χ2n) is 3.40. The lowest BCUT2D eigenvalue weighted by Crippen LogP contribution is -2.16. The van der Waals surface area contributed by atoms with Crippen LogP contribution in [0.1, 0.15) is 12.0 Å². The Bertz CT molecular complexity index is 328. The Kier molecular flexibility index (Phi) is 2.25. The summed E-state index contributed by atoms with van der Waals surface area (Å²) in [5.74, 6) is -0.230. The third-order valence-electron chi connectivity index (χ3n) is 2.45. The Morgan fingerprint density at radius 3 is 2.64 bits per heavy atom. The number of esters is 1. The topological polar surface area (TPSA) is 38.8 Å². The number of ether oxygens (including phenoxy) is 2. The van der Waals surface area contributed by atoms with Gasteiger partial charge in [0.05, 0.1) is 20.1 Å². The van der Waals surface area contributed by atoms with E-state index in [4.69, 9.17) is 4.74 Å². The molecular weight excluding hydrogens is 180 g/mol. The van der Waals surface area contributed by atoms with Crippen LogP contribution in [0.15, 0.2) is 30.3 Å². The summed E-state index contributed by atoms with van der Waals surface area (Å²) < 4.78 is 9.98. The average Bonchev–Trinajstić information content (AvgIpc) is 3.00. The minimum atomic E-state index is -0.408. The standard InChI is InChI=1S/C11H12O3/c1-13-10(12)7-11(8-14-11)9-5-3-2-4-6-9/h2-6H,7-8H2,1H3. The summed E-state index contributed by atoms with van der Waals surface area (Å²) in [6, 6.07) is 9.76. The molecule has 1 aromatic rings. The molecule has 0 spiro atoms. The molecule has 1 aliphatic heterocycles. The van der Waals surface area contributed by atoms with Crippen LogP contribution in [0.5, 0.6) is 0 Å². The van der Waals surface area contributed by atoms with Gasteiger partial charge in [-0.15, -0.1) is 0 Å². The summed E-state index contributed by atoms with van der Waals surface area (Å²) in [6.45, 7) is 0.603. The zero-order valence-corrected chi connectivity index (χ0v) is 8.03. The molecule has 1 aromatic carbocycles. The third-order valence-corrected chi connectivity index (χ3v) is 2.45. The largest absolute Gasteiger partial charge is 0.469 e. The molecule has 0 bridgehead atoms. The van der Waals surface area contributed by atoms with Gasteiger partial charge in [0.1, 0.15) is 5.60 Å². The van der Waals surface area contributed by atoms with Crippen LogP contribution in [0, 0.1) is 0 Å². The van der Waals surface area contributed by atoms with Crippen LogP contribution in [0.2, 0.25) is 0 Å². The number of epoxide rings is 1. The Morgan fingerprint density at radius 2 is 2.14 bits per heavy atom. The predicted molar refractivity (Wildman–Crippen MR) is 50.7 cm³/mol. The molecule has 74 valence electrons. The highest BCUT2D eigenvalue weighted by Gasteiger charge is 2.48. The highest BCUT2D eigenvalue weighted by molar-refractivity contribution is 5.71. The van der Waals surface area contributed by atoms with Gasteiger partial charge in [-0.3, -0.25) is 4.79 Å². The third kappa shape index (κ3) is 1.63. The van der Waals surface area contributed by atoms with Crippen molar-refractivity contribution in [3.8, 4) is 0 Å². The van der Waals surface area contributed by atoms with Crippen molar-refractivity contribution in [2.45, 2.75) is 12.0 Å². The van der Waals surface area contributed by atoms with Crippen molar-refractivity contribution in [2.24, 2.45) is 0 Å². The van der Waals surface area contributed by atoms with Gasteiger partial charge in [-0.2, -0.15) is 0 Å². The van der Waals surface area contributed by atoms with Crippen LogP contribution >= 0.6 is 0 Å². The zero-order chi connectivity index (χ0) is 10.0. The highest BCUT2D eigenvalue weighted by atomic mass is 16.6. The van der Waals surface area contributed by atoms with E-state index in [-0.39, 0.29) is 5.97 Å². The van der Waals surface area contributed by atoms with Gasteiger partial charge in [0.2, 0.25) is 0 Å². The van der Waals surface area contributed by atoms with Crippen molar-refractivity contribution < 1.29 is 14.3 Å². The van der Waals surface area contributed by atoms with E-state index in [1.165, 1.54) is 7.11 Å². The van der Waals surface area contributed by atoms with Gasteiger partial charge in [-0.1, -0.05) is 30.3 Å².